The number of benzene rings is 1. The van der Waals surface area contributed by atoms with Crippen molar-refractivity contribution in [2.75, 3.05) is 18.1 Å². The van der Waals surface area contributed by atoms with Crippen LogP contribution in [0, 0.1) is 18.3 Å². The van der Waals surface area contributed by atoms with E-state index in [1.807, 2.05) is 25.1 Å². The topological polar surface area (TPSA) is 47.3 Å². The zero-order valence-electron chi connectivity index (χ0n) is 10.2. The Labute approximate surface area is 102 Å². The van der Waals surface area contributed by atoms with Gasteiger partial charge in [-0.25, -0.2) is 0 Å². The molecule has 90 valence electrons. The molecule has 0 aliphatic heterocycles. The van der Waals surface area contributed by atoms with Gasteiger partial charge >= 0.3 is 0 Å². The number of hydrogen-bond donors (Lipinski definition) is 1. The second-order valence-corrected chi connectivity index (χ2v) is 4.58. The Balaban J connectivity index is 2.37. The predicted octanol–water partition coefficient (Wildman–Crippen LogP) is 2.22. The highest BCUT2D eigenvalue weighted by molar-refractivity contribution is 5.64. The Kier molecular flexibility index (Phi) is 3.65. The van der Waals surface area contributed by atoms with Crippen LogP contribution in [0.1, 0.15) is 30.4 Å². The molecule has 17 heavy (non-hydrogen) atoms. The summed E-state index contributed by atoms with van der Waals surface area (Å²) in [5, 5.41) is 18.4. The van der Waals surface area contributed by atoms with Crippen LogP contribution in [0.4, 0.5) is 5.69 Å². The summed E-state index contributed by atoms with van der Waals surface area (Å²) in [4.78, 5) is 2.21. The van der Waals surface area contributed by atoms with Crippen LogP contribution >= 0.6 is 0 Å². The van der Waals surface area contributed by atoms with Gasteiger partial charge in [0.2, 0.25) is 0 Å². The van der Waals surface area contributed by atoms with Crippen molar-refractivity contribution in [1.29, 1.82) is 5.26 Å². The van der Waals surface area contributed by atoms with Gasteiger partial charge in [0, 0.05) is 12.6 Å². The minimum atomic E-state index is 0.135. The van der Waals surface area contributed by atoms with Crippen molar-refractivity contribution in [3.63, 3.8) is 0 Å². The molecule has 1 saturated carbocycles. The first-order valence-electron chi connectivity index (χ1n) is 6.15. The Morgan fingerprint density at radius 1 is 1.47 bits per heavy atom. The molecule has 0 saturated heterocycles. The van der Waals surface area contributed by atoms with Gasteiger partial charge in [-0.15, -0.1) is 0 Å². The highest BCUT2D eigenvalue weighted by atomic mass is 16.3. The van der Waals surface area contributed by atoms with Gasteiger partial charge in [-0.1, -0.05) is 12.1 Å². The molecule has 0 heterocycles. The summed E-state index contributed by atoms with van der Waals surface area (Å²) in [5.41, 5.74) is 2.84. The number of aliphatic hydroxyl groups is 1. The van der Waals surface area contributed by atoms with E-state index in [-0.39, 0.29) is 6.61 Å². The lowest BCUT2D eigenvalue weighted by molar-refractivity contribution is 0.283. The number of hydrogen-bond acceptors (Lipinski definition) is 3. The van der Waals surface area contributed by atoms with E-state index in [0.717, 1.165) is 11.3 Å². The smallest absolute Gasteiger partial charge is 0.101 e. The van der Waals surface area contributed by atoms with Crippen molar-refractivity contribution in [2.45, 2.75) is 32.2 Å². The number of aryl methyl sites for hydroxylation is 1. The third-order valence-corrected chi connectivity index (χ3v) is 3.50. The Morgan fingerprint density at radius 2 is 2.24 bits per heavy atom. The molecule has 0 amide bonds. The zero-order chi connectivity index (χ0) is 12.3. The SMILES string of the molecule is Cc1cccc(C#N)c1N(CCO)C1CCC1. The van der Waals surface area contributed by atoms with Crippen molar-refractivity contribution >= 4 is 5.69 Å². The lowest BCUT2D eigenvalue weighted by atomic mass is 9.90. The minimum absolute atomic E-state index is 0.135. The van der Waals surface area contributed by atoms with Gasteiger partial charge in [0.05, 0.1) is 17.9 Å². The number of para-hydroxylation sites is 1. The second-order valence-electron chi connectivity index (χ2n) is 4.58. The van der Waals surface area contributed by atoms with E-state index >= 15 is 0 Å². The number of nitriles is 1. The van der Waals surface area contributed by atoms with E-state index in [0.29, 0.717) is 18.2 Å². The van der Waals surface area contributed by atoms with Gasteiger partial charge in [-0.3, -0.25) is 0 Å². The average molecular weight is 230 g/mol. The average Bonchev–Trinajstić information content (AvgIpc) is 2.26. The molecule has 0 aromatic heterocycles. The van der Waals surface area contributed by atoms with Gasteiger partial charge in [-0.2, -0.15) is 5.26 Å². The summed E-state index contributed by atoms with van der Waals surface area (Å²) in [6.07, 6.45) is 3.58. The third-order valence-electron chi connectivity index (χ3n) is 3.50. The van der Waals surface area contributed by atoms with E-state index < -0.39 is 0 Å². The molecule has 0 radical (unpaired) electrons. The van der Waals surface area contributed by atoms with Crippen LogP contribution in [0.15, 0.2) is 18.2 Å². The summed E-state index contributed by atoms with van der Waals surface area (Å²) in [6.45, 7) is 2.78. The van der Waals surface area contributed by atoms with E-state index in [2.05, 4.69) is 11.0 Å². The van der Waals surface area contributed by atoms with Crippen molar-refractivity contribution < 1.29 is 5.11 Å². The Hall–Kier alpha value is -1.53. The lowest BCUT2D eigenvalue weighted by Gasteiger charge is -2.40. The van der Waals surface area contributed by atoms with Crippen molar-refractivity contribution in [3.05, 3.63) is 29.3 Å². The second kappa shape index (κ2) is 5.20. The van der Waals surface area contributed by atoms with Crippen LogP contribution in [0.3, 0.4) is 0 Å². The fraction of sp³-hybridized carbons (Fsp3) is 0.500. The maximum atomic E-state index is 9.20. The molecule has 0 unspecified atom stereocenters. The highest BCUT2D eigenvalue weighted by Crippen LogP contribution is 2.33. The minimum Gasteiger partial charge on any atom is -0.395 e. The Bertz CT molecular complexity index is 432. The van der Waals surface area contributed by atoms with Crippen molar-refractivity contribution in [1.82, 2.24) is 0 Å². The molecular formula is C14H18N2O. The summed E-state index contributed by atoms with van der Waals surface area (Å²) in [7, 11) is 0. The standard InChI is InChI=1S/C14H18N2O/c1-11-4-2-5-12(10-15)14(11)16(8-9-17)13-6-3-7-13/h2,4-5,13,17H,3,6-9H2,1H3. The summed E-state index contributed by atoms with van der Waals surface area (Å²) >= 11 is 0. The summed E-state index contributed by atoms with van der Waals surface area (Å²) < 4.78 is 0. The molecular weight excluding hydrogens is 212 g/mol. The first-order chi connectivity index (χ1) is 8.27. The number of rotatable bonds is 4. The maximum absolute atomic E-state index is 9.20. The molecule has 1 aromatic rings. The highest BCUT2D eigenvalue weighted by Gasteiger charge is 2.27. The zero-order valence-corrected chi connectivity index (χ0v) is 10.2. The molecule has 3 heteroatoms. The van der Waals surface area contributed by atoms with Crippen LogP contribution < -0.4 is 4.90 Å². The first-order valence-corrected chi connectivity index (χ1v) is 6.15. The molecule has 0 atom stereocenters. The molecule has 1 fully saturated rings. The molecule has 1 aromatic carbocycles. The molecule has 1 aliphatic carbocycles. The van der Waals surface area contributed by atoms with E-state index in [4.69, 9.17) is 0 Å². The van der Waals surface area contributed by atoms with Crippen LogP contribution in [0.2, 0.25) is 0 Å². The van der Waals surface area contributed by atoms with Crippen molar-refractivity contribution in [2.24, 2.45) is 0 Å². The quantitative estimate of drug-likeness (QED) is 0.862. The van der Waals surface area contributed by atoms with Crippen molar-refractivity contribution in [3.8, 4) is 6.07 Å². The predicted molar refractivity (Wildman–Crippen MR) is 68.0 cm³/mol. The molecule has 1 aliphatic rings. The fourth-order valence-corrected chi connectivity index (χ4v) is 2.41. The summed E-state index contributed by atoms with van der Waals surface area (Å²) in [6, 6.07) is 8.54. The fourth-order valence-electron chi connectivity index (χ4n) is 2.41. The van der Waals surface area contributed by atoms with Crippen LogP contribution in [-0.2, 0) is 0 Å². The molecule has 0 spiro atoms. The number of nitrogens with zero attached hydrogens (tertiary/aromatic N) is 2. The van der Waals surface area contributed by atoms with Gasteiger partial charge in [0.1, 0.15) is 6.07 Å². The third kappa shape index (κ3) is 2.27. The number of aliphatic hydroxyl groups excluding tert-OH is 1. The Morgan fingerprint density at radius 3 is 2.76 bits per heavy atom. The van der Waals surface area contributed by atoms with Crippen LogP contribution in [0.5, 0.6) is 0 Å². The largest absolute Gasteiger partial charge is 0.395 e. The molecule has 2 rings (SSSR count). The van der Waals surface area contributed by atoms with E-state index in [1.165, 1.54) is 19.3 Å². The monoisotopic (exact) mass is 230 g/mol. The van der Waals surface area contributed by atoms with Crippen LogP contribution in [-0.4, -0.2) is 24.3 Å². The van der Waals surface area contributed by atoms with Crippen LogP contribution in [0.25, 0.3) is 0 Å². The normalized spacial score (nSPS) is 15.1. The van der Waals surface area contributed by atoms with E-state index in [1.54, 1.807) is 0 Å². The molecule has 1 N–H and O–H groups in total. The van der Waals surface area contributed by atoms with Gasteiger partial charge in [0.25, 0.3) is 0 Å². The molecule has 0 bridgehead atoms. The van der Waals surface area contributed by atoms with Gasteiger partial charge in [0.15, 0.2) is 0 Å². The van der Waals surface area contributed by atoms with Gasteiger partial charge in [-0.05, 0) is 37.8 Å². The maximum Gasteiger partial charge on any atom is 0.101 e. The lowest BCUT2D eigenvalue weighted by Crippen LogP contribution is -2.42. The first kappa shape index (κ1) is 11.9. The summed E-state index contributed by atoms with van der Waals surface area (Å²) in [5.74, 6) is 0. The number of anilines is 1. The van der Waals surface area contributed by atoms with E-state index in [9.17, 15) is 10.4 Å². The van der Waals surface area contributed by atoms with Gasteiger partial charge < -0.3 is 10.0 Å². The molecule has 3 nitrogen and oxygen atoms in total.